The fraction of sp³-hybridized carbons (Fsp3) is 0.533. The molecule has 0 spiro atoms. The van der Waals surface area contributed by atoms with Crippen LogP contribution < -0.4 is 5.32 Å². The Morgan fingerprint density at radius 2 is 2.37 bits per heavy atom. The highest BCUT2D eigenvalue weighted by Gasteiger charge is 2.15. The number of hydrogen-bond donors (Lipinski definition) is 2. The van der Waals surface area contributed by atoms with E-state index in [2.05, 4.69) is 45.4 Å². The van der Waals surface area contributed by atoms with Gasteiger partial charge in [-0.2, -0.15) is 0 Å². The van der Waals surface area contributed by atoms with Gasteiger partial charge in [-0.15, -0.1) is 0 Å². The van der Waals surface area contributed by atoms with Crippen LogP contribution in [0.25, 0.3) is 11.0 Å². The number of aromatic nitrogens is 2. The highest BCUT2D eigenvalue weighted by atomic mass is 15.1. The number of nitrogens with zero attached hydrogens (tertiary/aromatic N) is 2. The zero-order valence-corrected chi connectivity index (χ0v) is 11.5. The molecular weight excluding hydrogens is 236 g/mol. The summed E-state index contributed by atoms with van der Waals surface area (Å²) in [4.78, 5) is 9.85. The summed E-state index contributed by atoms with van der Waals surface area (Å²) < 4.78 is 0. The Hall–Kier alpha value is -1.39. The highest BCUT2D eigenvalue weighted by molar-refractivity contribution is 5.75. The zero-order chi connectivity index (χ0) is 13.1. The van der Waals surface area contributed by atoms with E-state index < -0.39 is 0 Å². The fourth-order valence-electron chi connectivity index (χ4n) is 2.84. The lowest BCUT2D eigenvalue weighted by Crippen LogP contribution is -2.36. The number of aromatic amines is 1. The van der Waals surface area contributed by atoms with E-state index in [1.165, 1.54) is 24.9 Å². The van der Waals surface area contributed by atoms with Gasteiger partial charge in [0, 0.05) is 19.1 Å². The van der Waals surface area contributed by atoms with Gasteiger partial charge in [0.2, 0.25) is 0 Å². The molecule has 0 radical (unpaired) electrons. The summed E-state index contributed by atoms with van der Waals surface area (Å²) in [5.74, 6) is 0. The van der Waals surface area contributed by atoms with Crippen molar-refractivity contribution >= 4 is 11.0 Å². The summed E-state index contributed by atoms with van der Waals surface area (Å²) >= 11 is 0. The Morgan fingerprint density at radius 1 is 1.42 bits per heavy atom. The van der Waals surface area contributed by atoms with Crippen molar-refractivity contribution < 1.29 is 0 Å². The Morgan fingerprint density at radius 3 is 3.21 bits per heavy atom. The van der Waals surface area contributed by atoms with Crippen molar-refractivity contribution in [1.29, 1.82) is 0 Å². The lowest BCUT2D eigenvalue weighted by atomic mass is 10.1. The first-order valence-corrected chi connectivity index (χ1v) is 7.15. The molecule has 1 aromatic heterocycles. The van der Waals surface area contributed by atoms with E-state index in [4.69, 9.17) is 0 Å². The first-order chi connectivity index (χ1) is 9.31. The van der Waals surface area contributed by atoms with E-state index in [1.807, 2.05) is 0 Å². The van der Waals surface area contributed by atoms with Gasteiger partial charge < -0.3 is 15.2 Å². The van der Waals surface area contributed by atoms with Crippen LogP contribution in [-0.4, -0.2) is 47.6 Å². The summed E-state index contributed by atoms with van der Waals surface area (Å²) in [6.07, 6.45) is 5.50. The molecule has 4 nitrogen and oxygen atoms in total. The van der Waals surface area contributed by atoms with Gasteiger partial charge in [0.05, 0.1) is 17.4 Å². The van der Waals surface area contributed by atoms with Crippen LogP contribution in [0.5, 0.6) is 0 Å². The van der Waals surface area contributed by atoms with E-state index in [1.54, 1.807) is 6.33 Å². The minimum atomic E-state index is 0.695. The van der Waals surface area contributed by atoms with Gasteiger partial charge in [0.15, 0.2) is 0 Å². The summed E-state index contributed by atoms with van der Waals surface area (Å²) in [6, 6.07) is 7.19. The van der Waals surface area contributed by atoms with Gasteiger partial charge in [0.25, 0.3) is 0 Å². The van der Waals surface area contributed by atoms with Crippen LogP contribution in [-0.2, 0) is 6.42 Å². The average Bonchev–Trinajstić information content (AvgIpc) is 3.06. The Labute approximate surface area is 114 Å². The molecule has 0 bridgehead atoms. The van der Waals surface area contributed by atoms with Gasteiger partial charge in [-0.1, -0.05) is 6.07 Å². The zero-order valence-electron chi connectivity index (χ0n) is 11.5. The third kappa shape index (κ3) is 3.14. The fourth-order valence-corrected chi connectivity index (χ4v) is 2.84. The van der Waals surface area contributed by atoms with Crippen molar-refractivity contribution in [3.63, 3.8) is 0 Å². The monoisotopic (exact) mass is 258 g/mol. The second-order valence-corrected chi connectivity index (χ2v) is 5.56. The lowest BCUT2D eigenvalue weighted by molar-refractivity contribution is 0.304. The predicted molar refractivity (Wildman–Crippen MR) is 78.3 cm³/mol. The number of H-pyrrole nitrogens is 1. The second kappa shape index (κ2) is 5.72. The van der Waals surface area contributed by atoms with Crippen molar-refractivity contribution in [2.24, 2.45) is 0 Å². The van der Waals surface area contributed by atoms with Crippen molar-refractivity contribution in [2.75, 3.05) is 26.7 Å². The highest BCUT2D eigenvalue weighted by Crippen LogP contribution is 2.12. The quantitative estimate of drug-likeness (QED) is 0.859. The van der Waals surface area contributed by atoms with E-state index in [0.717, 1.165) is 30.5 Å². The number of likely N-dealkylation sites (N-methyl/N-ethyl adjacent to an activating group) is 1. The minimum Gasteiger partial charge on any atom is -0.345 e. The largest absolute Gasteiger partial charge is 0.345 e. The van der Waals surface area contributed by atoms with E-state index in [0.29, 0.717) is 6.04 Å². The molecule has 1 atom stereocenters. The Bertz CT molecular complexity index is 528. The molecule has 2 aromatic rings. The first kappa shape index (κ1) is 12.6. The summed E-state index contributed by atoms with van der Waals surface area (Å²) in [5, 5.41) is 3.55. The van der Waals surface area contributed by atoms with Crippen LogP contribution >= 0.6 is 0 Å². The van der Waals surface area contributed by atoms with Crippen LogP contribution in [0.1, 0.15) is 18.4 Å². The van der Waals surface area contributed by atoms with Crippen molar-refractivity contribution in [3.8, 4) is 0 Å². The second-order valence-electron chi connectivity index (χ2n) is 5.56. The third-order valence-electron chi connectivity index (χ3n) is 3.96. The van der Waals surface area contributed by atoms with Gasteiger partial charge in [-0.3, -0.25) is 0 Å². The van der Waals surface area contributed by atoms with Crippen LogP contribution in [0.15, 0.2) is 24.5 Å². The average molecular weight is 258 g/mol. The van der Waals surface area contributed by atoms with Crippen LogP contribution in [0.3, 0.4) is 0 Å². The van der Waals surface area contributed by atoms with Crippen molar-refractivity contribution in [1.82, 2.24) is 20.2 Å². The van der Waals surface area contributed by atoms with Gasteiger partial charge in [0.1, 0.15) is 0 Å². The lowest BCUT2D eigenvalue weighted by Gasteiger charge is -2.21. The molecule has 0 aliphatic carbocycles. The number of fused-ring (bicyclic) bond motifs is 1. The van der Waals surface area contributed by atoms with E-state index in [-0.39, 0.29) is 0 Å². The molecular formula is C15H22N4. The topological polar surface area (TPSA) is 44.0 Å². The maximum atomic E-state index is 4.25. The van der Waals surface area contributed by atoms with E-state index >= 15 is 0 Å². The van der Waals surface area contributed by atoms with Crippen molar-refractivity contribution in [2.45, 2.75) is 25.3 Å². The summed E-state index contributed by atoms with van der Waals surface area (Å²) in [5.41, 5.74) is 3.56. The minimum absolute atomic E-state index is 0.695. The number of nitrogens with one attached hydrogen (secondary N) is 2. The summed E-state index contributed by atoms with van der Waals surface area (Å²) in [6.45, 7) is 3.46. The molecule has 1 aliphatic rings. The van der Waals surface area contributed by atoms with Gasteiger partial charge in [-0.05, 0) is 50.6 Å². The van der Waals surface area contributed by atoms with Crippen LogP contribution in [0.2, 0.25) is 0 Å². The molecule has 2 heterocycles. The smallest absolute Gasteiger partial charge is 0.0931 e. The molecule has 1 fully saturated rings. The Balaban J connectivity index is 1.52. The molecule has 2 N–H and O–H groups in total. The first-order valence-electron chi connectivity index (χ1n) is 7.15. The Kier molecular flexibility index (Phi) is 3.80. The molecule has 3 rings (SSSR count). The SMILES string of the molecule is CN(CCc1ccc2nc[nH]c2c1)CC1CCCN1. The van der Waals surface area contributed by atoms with Crippen molar-refractivity contribution in [3.05, 3.63) is 30.1 Å². The molecule has 19 heavy (non-hydrogen) atoms. The van der Waals surface area contributed by atoms with Crippen LogP contribution in [0.4, 0.5) is 0 Å². The molecule has 1 aromatic carbocycles. The van der Waals surface area contributed by atoms with E-state index in [9.17, 15) is 0 Å². The normalized spacial score (nSPS) is 19.6. The number of imidazole rings is 1. The molecule has 4 heteroatoms. The summed E-state index contributed by atoms with van der Waals surface area (Å²) in [7, 11) is 2.22. The van der Waals surface area contributed by atoms with Crippen LogP contribution in [0, 0.1) is 0 Å². The standard InChI is InChI=1S/C15H22N4/c1-19(10-13-3-2-7-16-13)8-6-12-4-5-14-15(9-12)18-11-17-14/h4-5,9,11,13,16H,2-3,6-8,10H2,1H3,(H,17,18). The van der Waals surface area contributed by atoms with Gasteiger partial charge >= 0.3 is 0 Å². The maximum absolute atomic E-state index is 4.25. The predicted octanol–water partition coefficient (Wildman–Crippen LogP) is 1.79. The van der Waals surface area contributed by atoms with Gasteiger partial charge in [-0.25, -0.2) is 4.98 Å². The molecule has 1 unspecified atom stereocenters. The maximum Gasteiger partial charge on any atom is 0.0931 e. The molecule has 102 valence electrons. The third-order valence-corrected chi connectivity index (χ3v) is 3.96. The molecule has 0 amide bonds. The number of benzene rings is 1. The molecule has 1 aliphatic heterocycles. The molecule has 0 saturated carbocycles. The molecule has 1 saturated heterocycles. The number of rotatable bonds is 5. The number of hydrogen-bond acceptors (Lipinski definition) is 3.